The molecule has 0 amide bonds. The molecule has 18 heavy (non-hydrogen) atoms. The highest BCUT2D eigenvalue weighted by Crippen LogP contribution is 2.26. The number of rotatable bonds is 3. The van der Waals surface area contributed by atoms with E-state index in [0.29, 0.717) is 6.54 Å². The van der Waals surface area contributed by atoms with Gasteiger partial charge < -0.3 is 5.32 Å². The molecule has 3 rings (SSSR count). The highest BCUT2D eigenvalue weighted by atomic mass is 16.1. The first kappa shape index (κ1) is 11.1. The Hall–Kier alpha value is -2.04. The molecule has 2 aromatic rings. The Bertz CT molecular complexity index is 599. The van der Waals surface area contributed by atoms with Gasteiger partial charge in [-0.3, -0.25) is 4.57 Å². The third-order valence-corrected chi connectivity index (χ3v) is 3.40. The number of aromatic amines is 1. The molecule has 0 atom stereocenters. The smallest absolute Gasteiger partial charge is 0.343 e. The molecule has 0 unspecified atom stereocenters. The highest BCUT2D eigenvalue weighted by Gasteiger charge is 2.12. The van der Waals surface area contributed by atoms with Gasteiger partial charge in [0.05, 0.1) is 0 Å². The number of aryl methyl sites for hydroxylation is 3. The van der Waals surface area contributed by atoms with Gasteiger partial charge >= 0.3 is 5.69 Å². The molecule has 1 aliphatic heterocycles. The van der Waals surface area contributed by atoms with Crippen molar-refractivity contribution >= 4 is 5.69 Å². The van der Waals surface area contributed by atoms with Crippen LogP contribution in [0, 0.1) is 0 Å². The van der Waals surface area contributed by atoms with Crippen molar-refractivity contribution < 1.29 is 0 Å². The molecule has 0 radical (unpaired) electrons. The van der Waals surface area contributed by atoms with Crippen molar-refractivity contribution in [1.82, 2.24) is 14.8 Å². The molecule has 2 heterocycles. The van der Waals surface area contributed by atoms with Crippen LogP contribution < -0.4 is 11.0 Å². The van der Waals surface area contributed by atoms with Crippen molar-refractivity contribution in [2.45, 2.75) is 25.8 Å². The topological polar surface area (TPSA) is 62.7 Å². The molecular weight excluding hydrogens is 228 g/mol. The van der Waals surface area contributed by atoms with E-state index >= 15 is 0 Å². The lowest BCUT2D eigenvalue weighted by Gasteiger charge is -2.21. The van der Waals surface area contributed by atoms with Crippen molar-refractivity contribution in [3.63, 3.8) is 0 Å². The van der Waals surface area contributed by atoms with Gasteiger partial charge in [0.2, 0.25) is 0 Å². The Morgan fingerprint density at radius 2 is 2.33 bits per heavy atom. The van der Waals surface area contributed by atoms with Crippen LogP contribution in [-0.2, 0) is 19.4 Å². The molecule has 0 fully saturated rings. The minimum Gasteiger partial charge on any atom is -0.385 e. The van der Waals surface area contributed by atoms with E-state index in [2.05, 4.69) is 33.7 Å². The van der Waals surface area contributed by atoms with Crippen LogP contribution in [0.25, 0.3) is 0 Å². The van der Waals surface area contributed by atoms with Crippen molar-refractivity contribution in [3.8, 4) is 0 Å². The maximum atomic E-state index is 11.4. The van der Waals surface area contributed by atoms with Crippen LogP contribution in [0.2, 0.25) is 0 Å². The van der Waals surface area contributed by atoms with E-state index in [1.165, 1.54) is 23.2 Å². The molecule has 1 aliphatic rings. The number of aromatic nitrogens is 3. The first-order chi connectivity index (χ1) is 8.84. The Kier molecular flexibility index (Phi) is 2.88. The average molecular weight is 244 g/mol. The first-order valence-electron chi connectivity index (χ1n) is 6.29. The summed E-state index contributed by atoms with van der Waals surface area (Å²) >= 11 is 0. The molecule has 1 aromatic carbocycles. The number of para-hydroxylation sites is 1. The van der Waals surface area contributed by atoms with E-state index in [1.807, 2.05) is 0 Å². The fraction of sp³-hybridized carbons (Fsp3) is 0.385. The average Bonchev–Trinajstić information content (AvgIpc) is 2.82. The largest absolute Gasteiger partial charge is 0.385 e. The number of anilines is 1. The van der Waals surface area contributed by atoms with Crippen LogP contribution in [0.4, 0.5) is 5.69 Å². The maximum Gasteiger partial charge on any atom is 0.343 e. The minimum atomic E-state index is -0.146. The van der Waals surface area contributed by atoms with Crippen LogP contribution in [0.5, 0.6) is 0 Å². The minimum absolute atomic E-state index is 0.146. The number of nitrogens with zero attached hydrogens (tertiary/aromatic N) is 2. The van der Waals surface area contributed by atoms with Gasteiger partial charge in [0.1, 0.15) is 6.33 Å². The summed E-state index contributed by atoms with van der Waals surface area (Å²) in [5.74, 6) is 0. The zero-order valence-corrected chi connectivity index (χ0v) is 10.1. The van der Waals surface area contributed by atoms with Crippen LogP contribution >= 0.6 is 0 Å². The van der Waals surface area contributed by atoms with Gasteiger partial charge in [0.25, 0.3) is 0 Å². The molecule has 2 N–H and O–H groups in total. The zero-order valence-electron chi connectivity index (χ0n) is 10.1. The standard InChI is InChI=1S/C13H16N4O/c18-13-16-15-9-17(13)8-6-11-4-1-3-10-5-2-7-14-12(10)11/h1,3-4,9,14H,2,5-8H2,(H,16,18). The molecule has 0 saturated heterocycles. The second-order valence-electron chi connectivity index (χ2n) is 4.59. The van der Waals surface area contributed by atoms with E-state index in [4.69, 9.17) is 0 Å². The zero-order chi connectivity index (χ0) is 12.4. The Morgan fingerprint density at radius 1 is 1.39 bits per heavy atom. The Labute approximate surface area is 105 Å². The molecule has 0 spiro atoms. The number of nitrogens with one attached hydrogen (secondary N) is 2. The second kappa shape index (κ2) is 4.68. The van der Waals surface area contributed by atoms with Crippen LogP contribution in [0.15, 0.2) is 29.3 Å². The normalized spacial score (nSPS) is 14.0. The third-order valence-electron chi connectivity index (χ3n) is 3.40. The summed E-state index contributed by atoms with van der Waals surface area (Å²) in [6.45, 7) is 1.70. The SMILES string of the molecule is O=c1[nH]ncn1CCc1cccc2c1NCCC2. The number of benzene rings is 1. The number of H-pyrrole nitrogens is 1. The summed E-state index contributed by atoms with van der Waals surface area (Å²) in [6.07, 6.45) is 4.72. The molecular formula is C13H16N4O. The lowest BCUT2D eigenvalue weighted by atomic mass is 9.98. The van der Waals surface area contributed by atoms with Gasteiger partial charge in [-0.25, -0.2) is 9.89 Å². The van der Waals surface area contributed by atoms with Crippen molar-refractivity contribution in [1.29, 1.82) is 0 Å². The van der Waals surface area contributed by atoms with E-state index in [-0.39, 0.29) is 5.69 Å². The Morgan fingerprint density at radius 3 is 3.17 bits per heavy atom. The summed E-state index contributed by atoms with van der Waals surface area (Å²) in [7, 11) is 0. The number of hydrogen-bond donors (Lipinski definition) is 2. The molecule has 5 heteroatoms. The van der Waals surface area contributed by atoms with Gasteiger partial charge in [-0.2, -0.15) is 5.10 Å². The van der Waals surface area contributed by atoms with Crippen molar-refractivity contribution in [3.05, 3.63) is 46.1 Å². The van der Waals surface area contributed by atoms with Crippen molar-refractivity contribution in [2.75, 3.05) is 11.9 Å². The molecule has 1 aromatic heterocycles. The highest BCUT2D eigenvalue weighted by molar-refractivity contribution is 5.59. The van der Waals surface area contributed by atoms with Gasteiger partial charge in [-0.1, -0.05) is 18.2 Å². The lowest BCUT2D eigenvalue weighted by Crippen LogP contribution is -2.19. The maximum absolute atomic E-state index is 11.4. The first-order valence-corrected chi connectivity index (χ1v) is 6.29. The van der Waals surface area contributed by atoms with Crippen molar-refractivity contribution in [2.24, 2.45) is 0 Å². The van der Waals surface area contributed by atoms with Gasteiger partial charge in [0.15, 0.2) is 0 Å². The van der Waals surface area contributed by atoms with Crippen LogP contribution in [0.3, 0.4) is 0 Å². The summed E-state index contributed by atoms with van der Waals surface area (Å²) in [5, 5.41) is 9.61. The van der Waals surface area contributed by atoms with E-state index < -0.39 is 0 Å². The quantitative estimate of drug-likeness (QED) is 0.852. The second-order valence-corrected chi connectivity index (χ2v) is 4.59. The van der Waals surface area contributed by atoms with E-state index in [1.54, 1.807) is 10.9 Å². The summed E-state index contributed by atoms with van der Waals surface area (Å²) in [5.41, 5.74) is 3.78. The molecule has 0 saturated carbocycles. The predicted octanol–water partition coefficient (Wildman–Crippen LogP) is 1.17. The van der Waals surface area contributed by atoms with E-state index in [9.17, 15) is 4.79 Å². The molecule has 0 aliphatic carbocycles. The predicted molar refractivity (Wildman–Crippen MR) is 69.8 cm³/mol. The van der Waals surface area contributed by atoms with Crippen LogP contribution in [0.1, 0.15) is 17.5 Å². The summed E-state index contributed by atoms with van der Waals surface area (Å²) in [4.78, 5) is 11.4. The number of fused-ring (bicyclic) bond motifs is 1. The van der Waals surface area contributed by atoms with Crippen LogP contribution in [-0.4, -0.2) is 21.3 Å². The lowest BCUT2D eigenvalue weighted by molar-refractivity contribution is 0.669. The van der Waals surface area contributed by atoms with Gasteiger partial charge in [-0.15, -0.1) is 0 Å². The van der Waals surface area contributed by atoms with E-state index in [0.717, 1.165) is 19.4 Å². The fourth-order valence-corrected chi connectivity index (χ4v) is 2.46. The molecule has 0 bridgehead atoms. The van der Waals surface area contributed by atoms with Gasteiger partial charge in [-0.05, 0) is 30.4 Å². The molecule has 5 nitrogen and oxygen atoms in total. The molecule has 94 valence electrons. The number of hydrogen-bond acceptors (Lipinski definition) is 3. The fourth-order valence-electron chi connectivity index (χ4n) is 2.46. The summed E-state index contributed by atoms with van der Waals surface area (Å²) in [6, 6.07) is 6.40. The monoisotopic (exact) mass is 244 g/mol. The van der Waals surface area contributed by atoms with Gasteiger partial charge in [0, 0.05) is 18.8 Å². The summed E-state index contributed by atoms with van der Waals surface area (Å²) < 4.78 is 1.60. The Balaban J connectivity index is 1.81. The third kappa shape index (κ3) is 2.03.